The molecule has 0 aliphatic heterocycles. The minimum absolute atomic E-state index is 0.183. The van der Waals surface area contributed by atoms with Gasteiger partial charge in [0.1, 0.15) is 0 Å². The van der Waals surface area contributed by atoms with Crippen molar-refractivity contribution < 1.29 is 9.59 Å². The Labute approximate surface area is 181 Å². The molecule has 0 aromatic carbocycles. The van der Waals surface area contributed by atoms with E-state index in [1.807, 2.05) is 0 Å². The van der Waals surface area contributed by atoms with Gasteiger partial charge < -0.3 is 10.6 Å². The van der Waals surface area contributed by atoms with Gasteiger partial charge >= 0.3 is 0 Å². The van der Waals surface area contributed by atoms with Crippen LogP contribution in [0.4, 0.5) is 0 Å². The number of thioether (sulfide) groups is 1. The molecule has 4 bridgehead atoms. The van der Waals surface area contributed by atoms with Crippen molar-refractivity contribution in [2.75, 3.05) is 11.5 Å². The molecule has 8 atom stereocenters. The molecule has 4 aliphatic carbocycles. The van der Waals surface area contributed by atoms with E-state index in [1.165, 1.54) is 51.4 Å². The first-order valence-corrected chi connectivity index (χ1v) is 13.3. The predicted molar refractivity (Wildman–Crippen MR) is 120 cm³/mol. The van der Waals surface area contributed by atoms with Gasteiger partial charge in [-0.2, -0.15) is 11.8 Å². The maximum atomic E-state index is 12.3. The van der Waals surface area contributed by atoms with Crippen molar-refractivity contribution in [2.24, 2.45) is 35.5 Å². The van der Waals surface area contributed by atoms with E-state index >= 15 is 0 Å². The SMILES string of the molecule is C[C@H](NC(=O)CCSCCC(=O)N[C@H](C)[C@H]1C[C@@H]2CC[C@@H]1C2)[C@@H]1C[C@@H]2CC[C@@H]1C2. The van der Waals surface area contributed by atoms with E-state index in [4.69, 9.17) is 0 Å². The lowest BCUT2D eigenvalue weighted by Crippen LogP contribution is -2.40. The highest BCUT2D eigenvalue weighted by atomic mass is 32.2. The smallest absolute Gasteiger partial charge is 0.221 e. The monoisotopic (exact) mass is 420 g/mol. The molecule has 164 valence electrons. The van der Waals surface area contributed by atoms with Crippen LogP contribution >= 0.6 is 11.8 Å². The van der Waals surface area contributed by atoms with E-state index in [0.29, 0.717) is 36.8 Å². The molecule has 0 unspecified atom stereocenters. The van der Waals surface area contributed by atoms with E-state index in [1.54, 1.807) is 11.8 Å². The fourth-order valence-corrected chi connectivity index (χ4v) is 7.97. The highest BCUT2D eigenvalue weighted by Crippen LogP contribution is 2.50. The predicted octanol–water partition coefficient (Wildman–Crippen LogP) is 4.38. The summed E-state index contributed by atoms with van der Waals surface area (Å²) in [4.78, 5) is 24.5. The van der Waals surface area contributed by atoms with Crippen LogP contribution in [0.1, 0.15) is 78.1 Å². The molecular weight excluding hydrogens is 380 g/mol. The van der Waals surface area contributed by atoms with Gasteiger partial charge in [0.15, 0.2) is 0 Å². The first-order chi connectivity index (χ1) is 14.0. The summed E-state index contributed by atoms with van der Waals surface area (Å²) >= 11 is 1.73. The third-order valence-corrected chi connectivity index (χ3v) is 9.58. The summed E-state index contributed by atoms with van der Waals surface area (Å²) in [6.07, 6.45) is 12.1. The Balaban J connectivity index is 1.04. The van der Waals surface area contributed by atoms with Crippen LogP contribution in [0, 0.1) is 35.5 Å². The average molecular weight is 421 g/mol. The van der Waals surface area contributed by atoms with Gasteiger partial charge in [-0.15, -0.1) is 0 Å². The van der Waals surface area contributed by atoms with Gasteiger partial charge in [-0.25, -0.2) is 0 Å². The summed E-state index contributed by atoms with van der Waals surface area (Å²) in [5.41, 5.74) is 0. The number of carbonyl (C=O) groups excluding carboxylic acids is 2. The Hall–Kier alpha value is -0.710. The van der Waals surface area contributed by atoms with E-state index in [9.17, 15) is 9.59 Å². The number of hydrogen-bond acceptors (Lipinski definition) is 3. The first-order valence-electron chi connectivity index (χ1n) is 12.2. The summed E-state index contributed by atoms with van der Waals surface area (Å²) in [6, 6.07) is 0.641. The third kappa shape index (κ3) is 5.32. The Morgan fingerprint density at radius 3 is 1.55 bits per heavy atom. The fourth-order valence-electron chi connectivity index (χ4n) is 7.11. The lowest BCUT2D eigenvalue weighted by molar-refractivity contribution is -0.122. The molecule has 0 aromatic rings. The highest BCUT2D eigenvalue weighted by Gasteiger charge is 2.43. The molecule has 4 aliphatic rings. The van der Waals surface area contributed by atoms with Crippen molar-refractivity contribution in [1.82, 2.24) is 10.6 Å². The van der Waals surface area contributed by atoms with E-state index < -0.39 is 0 Å². The van der Waals surface area contributed by atoms with Crippen molar-refractivity contribution in [1.29, 1.82) is 0 Å². The van der Waals surface area contributed by atoms with E-state index in [0.717, 1.165) is 35.2 Å². The number of nitrogens with one attached hydrogen (secondary N) is 2. The molecule has 2 N–H and O–H groups in total. The van der Waals surface area contributed by atoms with Crippen molar-refractivity contribution >= 4 is 23.6 Å². The summed E-state index contributed by atoms with van der Waals surface area (Å²) in [5.74, 6) is 6.95. The zero-order valence-corrected chi connectivity index (χ0v) is 19.1. The van der Waals surface area contributed by atoms with Gasteiger partial charge in [0.25, 0.3) is 0 Å². The van der Waals surface area contributed by atoms with Crippen LogP contribution in [0.15, 0.2) is 0 Å². The molecule has 0 heterocycles. The van der Waals surface area contributed by atoms with Crippen molar-refractivity contribution in [3.8, 4) is 0 Å². The second-order valence-electron chi connectivity index (χ2n) is 10.5. The maximum Gasteiger partial charge on any atom is 0.221 e. The number of rotatable bonds is 10. The molecule has 4 nitrogen and oxygen atoms in total. The molecular formula is C24H40N2O2S. The number of carbonyl (C=O) groups is 2. The zero-order chi connectivity index (χ0) is 20.4. The van der Waals surface area contributed by atoms with Crippen LogP contribution in [0.25, 0.3) is 0 Å². The van der Waals surface area contributed by atoms with E-state index in [-0.39, 0.29) is 11.8 Å². The maximum absolute atomic E-state index is 12.3. The van der Waals surface area contributed by atoms with E-state index in [2.05, 4.69) is 24.5 Å². The Morgan fingerprint density at radius 1 is 0.759 bits per heavy atom. The standard InChI is InChI=1S/C24H40N2O2S/c1-15(21-13-17-3-5-19(21)11-17)25-23(27)7-9-29-10-8-24(28)26-16(2)22-14-18-4-6-20(22)12-18/h15-22H,3-14H2,1-2H3,(H,25,27)(H,26,28)/t15-,16+,17-,18-,19-,20-,21-,22+/m1/s1. The molecule has 2 amide bonds. The van der Waals surface area contributed by atoms with Crippen LogP contribution in [0.2, 0.25) is 0 Å². The second kappa shape index (κ2) is 9.62. The second-order valence-corrected chi connectivity index (χ2v) is 11.7. The Kier molecular flexibility index (Phi) is 7.14. The number of amides is 2. The average Bonchev–Trinajstić information content (AvgIpc) is 3.48. The fraction of sp³-hybridized carbons (Fsp3) is 0.917. The first kappa shape index (κ1) is 21.5. The molecule has 0 spiro atoms. The minimum Gasteiger partial charge on any atom is -0.353 e. The summed E-state index contributed by atoms with van der Waals surface area (Å²) in [5, 5.41) is 6.49. The zero-order valence-electron chi connectivity index (χ0n) is 18.3. The summed E-state index contributed by atoms with van der Waals surface area (Å²) in [6.45, 7) is 4.39. The van der Waals surface area contributed by atoms with Crippen molar-refractivity contribution in [2.45, 2.75) is 90.1 Å². The summed E-state index contributed by atoms with van der Waals surface area (Å²) < 4.78 is 0. The van der Waals surface area contributed by atoms with Crippen LogP contribution in [-0.2, 0) is 9.59 Å². The lowest BCUT2D eigenvalue weighted by atomic mass is 9.84. The Morgan fingerprint density at radius 2 is 1.21 bits per heavy atom. The normalized spacial score (nSPS) is 36.9. The van der Waals surface area contributed by atoms with Gasteiger partial charge in [-0.3, -0.25) is 9.59 Å². The molecule has 4 fully saturated rings. The highest BCUT2D eigenvalue weighted by molar-refractivity contribution is 7.99. The summed E-state index contributed by atoms with van der Waals surface area (Å²) in [7, 11) is 0. The molecule has 4 saturated carbocycles. The number of fused-ring (bicyclic) bond motifs is 4. The van der Waals surface area contributed by atoms with Gasteiger partial charge in [-0.1, -0.05) is 12.8 Å². The Bertz CT molecular complexity index is 547. The van der Waals surface area contributed by atoms with Crippen molar-refractivity contribution in [3.05, 3.63) is 0 Å². The lowest BCUT2D eigenvalue weighted by Gasteiger charge is -2.28. The molecule has 4 rings (SSSR count). The van der Waals surface area contributed by atoms with Gasteiger partial charge in [0.05, 0.1) is 0 Å². The number of hydrogen-bond donors (Lipinski definition) is 2. The topological polar surface area (TPSA) is 58.2 Å². The largest absolute Gasteiger partial charge is 0.353 e. The van der Waals surface area contributed by atoms with Crippen LogP contribution < -0.4 is 10.6 Å². The van der Waals surface area contributed by atoms with Crippen LogP contribution in [-0.4, -0.2) is 35.4 Å². The molecule has 5 heteroatoms. The van der Waals surface area contributed by atoms with Crippen LogP contribution in [0.5, 0.6) is 0 Å². The molecule has 29 heavy (non-hydrogen) atoms. The third-order valence-electron chi connectivity index (χ3n) is 8.59. The molecule has 0 saturated heterocycles. The minimum atomic E-state index is 0.183. The quantitative estimate of drug-likeness (QED) is 0.516. The molecule has 0 aromatic heterocycles. The molecule has 0 radical (unpaired) electrons. The van der Waals surface area contributed by atoms with Crippen molar-refractivity contribution in [3.63, 3.8) is 0 Å². The van der Waals surface area contributed by atoms with Gasteiger partial charge in [0.2, 0.25) is 11.8 Å². The van der Waals surface area contributed by atoms with Gasteiger partial charge in [0, 0.05) is 36.4 Å². The van der Waals surface area contributed by atoms with Gasteiger partial charge in [-0.05, 0) is 87.9 Å². The van der Waals surface area contributed by atoms with Crippen LogP contribution in [0.3, 0.4) is 0 Å².